The Balaban J connectivity index is 1.32. The summed E-state index contributed by atoms with van der Waals surface area (Å²) >= 11 is 1.50. The Labute approximate surface area is 203 Å². The minimum Gasteiger partial charge on any atom is -0.493 e. The first-order valence-corrected chi connectivity index (χ1v) is 12.4. The van der Waals surface area contributed by atoms with Crippen molar-refractivity contribution >= 4 is 17.2 Å². The van der Waals surface area contributed by atoms with Crippen LogP contribution < -0.4 is 18.9 Å². The van der Waals surface area contributed by atoms with Crippen LogP contribution in [0.3, 0.4) is 0 Å². The number of aromatic nitrogens is 1. The third-order valence-corrected chi connectivity index (χ3v) is 7.17. The van der Waals surface area contributed by atoms with Crippen LogP contribution in [0.5, 0.6) is 23.0 Å². The van der Waals surface area contributed by atoms with Crippen molar-refractivity contribution in [2.45, 2.75) is 31.7 Å². The number of thiazole rings is 1. The zero-order valence-electron chi connectivity index (χ0n) is 19.4. The summed E-state index contributed by atoms with van der Waals surface area (Å²) in [5.41, 5.74) is 2.71. The van der Waals surface area contributed by atoms with E-state index in [4.69, 9.17) is 23.9 Å². The van der Waals surface area contributed by atoms with Crippen LogP contribution in [0.15, 0.2) is 41.8 Å². The summed E-state index contributed by atoms with van der Waals surface area (Å²) < 4.78 is 22.6. The van der Waals surface area contributed by atoms with Crippen LogP contribution in [0.25, 0.3) is 10.6 Å². The first kappa shape index (κ1) is 22.5. The van der Waals surface area contributed by atoms with Crippen molar-refractivity contribution in [1.82, 2.24) is 9.88 Å². The summed E-state index contributed by atoms with van der Waals surface area (Å²) in [6, 6.07) is 11.8. The molecule has 1 atom stereocenters. The second kappa shape index (κ2) is 9.93. The Hall–Kier alpha value is -3.26. The molecule has 1 unspecified atom stereocenters. The molecule has 0 saturated carbocycles. The topological polar surface area (TPSA) is 70.1 Å². The van der Waals surface area contributed by atoms with Crippen molar-refractivity contribution in [1.29, 1.82) is 0 Å². The van der Waals surface area contributed by atoms with Gasteiger partial charge in [0.15, 0.2) is 23.0 Å². The molecule has 1 fully saturated rings. The van der Waals surface area contributed by atoms with Crippen LogP contribution in [-0.2, 0) is 11.2 Å². The number of fused-ring (bicyclic) bond motifs is 1. The highest BCUT2D eigenvalue weighted by atomic mass is 32.1. The number of hydrogen-bond donors (Lipinski definition) is 0. The molecule has 0 aliphatic carbocycles. The number of likely N-dealkylation sites (tertiary alicyclic amines) is 1. The standard InChI is InChI=1S/C26H28N2O5S/c1-30-22-8-3-6-19(25(22)31-2)26-27-18(16-34-26)15-24(29)28-11-4-7-20(28)17-9-10-21-23(14-17)33-13-5-12-32-21/h3,6,8-10,14,16,20H,4-5,7,11-13,15H2,1-2H3. The quantitative estimate of drug-likeness (QED) is 0.500. The van der Waals surface area contributed by atoms with Gasteiger partial charge in [0, 0.05) is 18.3 Å². The van der Waals surface area contributed by atoms with E-state index in [2.05, 4.69) is 6.07 Å². The molecule has 0 N–H and O–H groups in total. The average Bonchev–Trinajstić information content (AvgIpc) is 3.48. The van der Waals surface area contributed by atoms with Crippen LogP contribution in [0, 0.1) is 0 Å². The van der Waals surface area contributed by atoms with E-state index < -0.39 is 0 Å². The summed E-state index contributed by atoms with van der Waals surface area (Å²) in [5, 5.41) is 2.75. The molecule has 3 aromatic rings. The number of methoxy groups -OCH3 is 2. The predicted molar refractivity (Wildman–Crippen MR) is 130 cm³/mol. The van der Waals surface area contributed by atoms with Crippen molar-refractivity contribution in [3.63, 3.8) is 0 Å². The summed E-state index contributed by atoms with van der Waals surface area (Å²) in [6.45, 7) is 2.06. The minimum absolute atomic E-state index is 0.0428. The van der Waals surface area contributed by atoms with E-state index in [1.165, 1.54) is 11.3 Å². The number of para-hydroxylation sites is 1. The monoisotopic (exact) mass is 480 g/mol. The zero-order valence-corrected chi connectivity index (χ0v) is 20.2. The van der Waals surface area contributed by atoms with Crippen molar-refractivity contribution in [3.8, 4) is 33.6 Å². The number of carbonyl (C=O) groups excluding carboxylic acids is 1. The minimum atomic E-state index is 0.0428. The molecule has 1 saturated heterocycles. The first-order chi connectivity index (χ1) is 16.7. The number of hydrogen-bond acceptors (Lipinski definition) is 7. The van der Waals surface area contributed by atoms with Gasteiger partial charge in [-0.15, -0.1) is 11.3 Å². The summed E-state index contributed by atoms with van der Waals surface area (Å²) in [6.07, 6.45) is 3.06. The molecule has 0 radical (unpaired) electrons. The highest BCUT2D eigenvalue weighted by Gasteiger charge is 2.31. The average molecular weight is 481 g/mol. The van der Waals surface area contributed by atoms with Crippen molar-refractivity contribution in [3.05, 3.63) is 53.0 Å². The van der Waals surface area contributed by atoms with Crippen LogP contribution in [0.2, 0.25) is 0 Å². The molecule has 8 heteroatoms. The highest BCUT2D eigenvalue weighted by molar-refractivity contribution is 7.13. The summed E-state index contributed by atoms with van der Waals surface area (Å²) in [5.74, 6) is 2.93. The molecule has 1 amide bonds. The third kappa shape index (κ3) is 4.42. The molecule has 2 aliphatic rings. The first-order valence-electron chi connectivity index (χ1n) is 11.5. The Morgan fingerprint density at radius 1 is 1.12 bits per heavy atom. The van der Waals surface area contributed by atoms with Crippen LogP contribution in [0.4, 0.5) is 0 Å². The van der Waals surface area contributed by atoms with Gasteiger partial charge in [0.05, 0.1) is 51.2 Å². The van der Waals surface area contributed by atoms with Crippen LogP contribution in [0.1, 0.15) is 36.6 Å². The molecule has 1 aromatic heterocycles. The lowest BCUT2D eigenvalue weighted by Gasteiger charge is -2.25. The maximum absolute atomic E-state index is 13.3. The number of nitrogens with zero attached hydrogens (tertiary/aromatic N) is 2. The van der Waals surface area contributed by atoms with Gasteiger partial charge in [-0.25, -0.2) is 4.98 Å². The second-order valence-corrected chi connectivity index (χ2v) is 9.22. The number of amides is 1. The van der Waals surface area contributed by atoms with Gasteiger partial charge in [0.2, 0.25) is 5.91 Å². The Morgan fingerprint density at radius 2 is 1.97 bits per heavy atom. The third-order valence-electron chi connectivity index (χ3n) is 6.25. The van der Waals surface area contributed by atoms with Gasteiger partial charge in [-0.3, -0.25) is 4.79 Å². The van der Waals surface area contributed by atoms with Gasteiger partial charge < -0.3 is 23.8 Å². The van der Waals surface area contributed by atoms with E-state index in [0.29, 0.717) is 24.7 Å². The summed E-state index contributed by atoms with van der Waals surface area (Å²) in [7, 11) is 3.23. The van der Waals surface area contributed by atoms with E-state index >= 15 is 0 Å². The van der Waals surface area contributed by atoms with Gasteiger partial charge >= 0.3 is 0 Å². The lowest BCUT2D eigenvalue weighted by Crippen LogP contribution is -2.31. The Kier molecular flexibility index (Phi) is 6.58. The fourth-order valence-corrected chi connectivity index (χ4v) is 5.46. The number of carbonyl (C=O) groups is 1. The molecule has 7 nitrogen and oxygen atoms in total. The molecular formula is C26H28N2O5S. The number of benzene rings is 2. The molecule has 34 heavy (non-hydrogen) atoms. The van der Waals surface area contributed by atoms with E-state index in [9.17, 15) is 4.79 Å². The largest absolute Gasteiger partial charge is 0.493 e. The fraction of sp³-hybridized carbons (Fsp3) is 0.385. The molecule has 2 aromatic carbocycles. The van der Waals surface area contributed by atoms with Crippen molar-refractivity contribution < 1.29 is 23.7 Å². The maximum Gasteiger partial charge on any atom is 0.229 e. The molecule has 3 heterocycles. The van der Waals surface area contributed by atoms with Gasteiger partial charge in [0.1, 0.15) is 5.01 Å². The van der Waals surface area contributed by atoms with E-state index in [1.807, 2.05) is 40.6 Å². The molecule has 0 spiro atoms. The van der Waals surface area contributed by atoms with Crippen molar-refractivity contribution in [2.75, 3.05) is 34.0 Å². The molecular weight excluding hydrogens is 452 g/mol. The lowest BCUT2D eigenvalue weighted by atomic mass is 10.0. The van der Waals surface area contributed by atoms with Crippen LogP contribution in [-0.4, -0.2) is 49.8 Å². The normalized spacial score (nSPS) is 17.4. The summed E-state index contributed by atoms with van der Waals surface area (Å²) in [4.78, 5) is 20.0. The predicted octanol–water partition coefficient (Wildman–Crippen LogP) is 4.89. The van der Waals surface area contributed by atoms with E-state index in [0.717, 1.165) is 59.1 Å². The lowest BCUT2D eigenvalue weighted by molar-refractivity contribution is -0.131. The maximum atomic E-state index is 13.3. The molecule has 178 valence electrons. The second-order valence-electron chi connectivity index (χ2n) is 8.36. The molecule has 5 rings (SSSR count). The number of ether oxygens (including phenoxy) is 4. The fourth-order valence-electron chi connectivity index (χ4n) is 4.62. The van der Waals surface area contributed by atoms with E-state index in [-0.39, 0.29) is 18.4 Å². The van der Waals surface area contributed by atoms with Gasteiger partial charge in [-0.05, 0) is 42.7 Å². The molecule has 2 aliphatic heterocycles. The Bertz CT molecular complexity index is 1180. The van der Waals surface area contributed by atoms with Gasteiger partial charge in [-0.2, -0.15) is 0 Å². The highest BCUT2D eigenvalue weighted by Crippen LogP contribution is 2.40. The van der Waals surface area contributed by atoms with Gasteiger partial charge in [-0.1, -0.05) is 12.1 Å². The van der Waals surface area contributed by atoms with E-state index in [1.54, 1.807) is 14.2 Å². The Morgan fingerprint density at radius 3 is 2.79 bits per heavy atom. The molecule has 0 bridgehead atoms. The smallest absolute Gasteiger partial charge is 0.229 e. The van der Waals surface area contributed by atoms with Crippen molar-refractivity contribution in [2.24, 2.45) is 0 Å². The number of rotatable bonds is 6. The van der Waals surface area contributed by atoms with Gasteiger partial charge in [0.25, 0.3) is 0 Å². The van der Waals surface area contributed by atoms with Crippen LogP contribution >= 0.6 is 11.3 Å². The zero-order chi connectivity index (χ0) is 23.5. The SMILES string of the molecule is COc1cccc(-c2nc(CC(=O)N3CCCC3c3ccc4c(c3)OCCCO4)cs2)c1OC.